The van der Waals surface area contributed by atoms with E-state index in [2.05, 4.69) is 32.2 Å². The summed E-state index contributed by atoms with van der Waals surface area (Å²) in [6, 6.07) is 21.3. The zero-order chi connectivity index (χ0) is 29.9. The molecule has 0 spiro atoms. The summed E-state index contributed by atoms with van der Waals surface area (Å²) in [6.45, 7) is 6.42. The van der Waals surface area contributed by atoms with E-state index in [0.717, 1.165) is 40.1 Å². The predicted octanol–water partition coefficient (Wildman–Crippen LogP) is 7.00. The van der Waals surface area contributed by atoms with Crippen molar-refractivity contribution in [2.45, 2.75) is 40.2 Å². The number of rotatable bonds is 7. The van der Waals surface area contributed by atoms with Crippen molar-refractivity contribution in [3.05, 3.63) is 107 Å². The lowest BCUT2D eigenvalue weighted by atomic mass is 9.69. The van der Waals surface area contributed by atoms with Gasteiger partial charge in [-0.25, -0.2) is 14.2 Å². The Bertz CT molecular complexity index is 1640. The number of esters is 1. The number of nitrogens with zero attached hydrogens (tertiary/aromatic N) is 1. The first-order chi connectivity index (χ1) is 20.1. The molecule has 1 amide bonds. The van der Waals surface area contributed by atoms with Crippen molar-refractivity contribution in [2.24, 2.45) is 11.3 Å². The maximum atomic E-state index is 13.7. The molecule has 216 valence electrons. The van der Waals surface area contributed by atoms with E-state index in [9.17, 15) is 14.0 Å². The fourth-order valence-corrected chi connectivity index (χ4v) is 5.33. The molecule has 0 saturated heterocycles. The summed E-state index contributed by atoms with van der Waals surface area (Å²) < 4.78 is 24.1. The highest BCUT2D eigenvalue weighted by Crippen LogP contribution is 2.45. The van der Waals surface area contributed by atoms with Crippen molar-refractivity contribution in [1.29, 1.82) is 0 Å². The van der Waals surface area contributed by atoms with E-state index in [1.165, 1.54) is 12.1 Å². The van der Waals surface area contributed by atoms with Gasteiger partial charge >= 0.3 is 5.97 Å². The highest BCUT2D eigenvalue weighted by molar-refractivity contribution is 6.07. The minimum Gasteiger partial charge on any atom is -0.497 e. The van der Waals surface area contributed by atoms with Crippen molar-refractivity contribution >= 4 is 34.4 Å². The molecule has 4 aromatic rings. The average molecular weight is 567 g/mol. The van der Waals surface area contributed by atoms with E-state index < -0.39 is 18.5 Å². The summed E-state index contributed by atoms with van der Waals surface area (Å²) in [5.74, 6) is -0.303. The van der Waals surface area contributed by atoms with Crippen LogP contribution in [0.5, 0.6) is 5.75 Å². The molecule has 0 fully saturated rings. The van der Waals surface area contributed by atoms with E-state index in [4.69, 9.17) is 14.5 Å². The summed E-state index contributed by atoms with van der Waals surface area (Å²) in [7, 11) is 1.64. The normalized spacial score (nSPS) is 15.7. The Morgan fingerprint density at radius 1 is 1.00 bits per heavy atom. The minimum absolute atomic E-state index is 0.0241. The number of nitrogens with one attached hydrogen (secondary N) is 1. The van der Waals surface area contributed by atoms with Gasteiger partial charge in [-0.2, -0.15) is 0 Å². The molecule has 3 aromatic carbocycles. The zero-order valence-electron chi connectivity index (χ0n) is 24.4. The Hall–Kier alpha value is -4.52. The summed E-state index contributed by atoms with van der Waals surface area (Å²) in [5, 5.41) is 3.43. The second-order valence-electron chi connectivity index (χ2n) is 11.7. The largest absolute Gasteiger partial charge is 0.497 e. The number of hydrogen-bond acceptors (Lipinski definition) is 5. The van der Waals surface area contributed by atoms with Crippen molar-refractivity contribution in [3.63, 3.8) is 0 Å². The lowest BCUT2D eigenvalue weighted by Crippen LogP contribution is -2.30. The van der Waals surface area contributed by atoms with Crippen LogP contribution in [0.25, 0.3) is 22.6 Å². The van der Waals surface area contributed by atoms with Crippen molar-refractivity contribution in [1.82, 2.24) is 10.3 Å². The Morgan fingerprint density at radius 3 is 2.40 bits per heavy atom. The summed E-state index contributed by atoms with van der Waals surface area (Å²) >= 11 is 0. The molecule has 0 aliphatic heterocycles. The molecule has 0 radical (unpaired) electrons. The molecular formula is C35H35FN2O4. The third kappa shape index (κ3) is 6.51. The van der Waals surface area contributed by atoms with Gasteiger partial charge in [-0.1, -0.05) is 63.2 Å². The predicted molar refractivity (Wildman–Crippen MR) is 162 cm³/mol. The van der Waals surface area contributed by atoms with Crippen molar-refractivity contribution in [3.8, 4) is 5.75 Å². The number of para-hydroxylation sites is 1. The fourth-order valence-electron chi connectivity index (χ4n) is 5.33. The molecule has 0 bridgehead atoms. The number of carbonyl (C=O) groups is 2. The van der Waals surface area contributed by atoms with Gasteiger partial charge in [0, 0.05) is 11.9 Å². The topological polar surface area (TPSA) is 77.5 Å². The molecule has 0 saturated carbocycles. The number of halogens is 1. The number of carbonyl (C=O) groups excluding carboxylic acids is 2. The second kappa shape index (κ2) is 12.1. The summed E-state index contributed by atoms with van der Waals surface area (Å²) in [4.78, 5) is 31.3. The molecule has 0 unspecified atom stereocenters. The van der Waals surface area contributed by atoms with Crippen LogP contribution < -0.4 is 10.1 Å². The second-order valence-corrected chi connectivity index (χ2v) is 11.7. The van der Waals surface area contributed by atoms with Crippen LogP contribution in [0.3, 0.4) is 0 Å². The van der Waals surface area contributed by atoms with Gasteiger partial charge in [-0.3, -0.25) is 4.79 Å². The molecule has 6 nitrogen and oxygen atoms in total. The van der Waals surface area contributed by atoms with Gasteiger partial charge in [0.2, 0.25) is 0 Å². The first-order valence-corrected chi connectivity index (χ1v) is 14.1. The number of benzene rings is 3. The van der Waals surface area contributed by atoms with Gasteiger partial charge in [0.05, 0.1) is 23.9 Å². The summed E-state index contributed by atoms with van der Waals surface area (Å²) in [5.41, 5.74) is 5.57. The van der Waals surface area contributed by atoms with E-state index in [1.807, 2.05) is 48.5 Å². The number of pyridine rings is 1. The van der Waals surface area contributed by atoms with Gasteiger partial charge in [0.15, 0.2) is 6.61 Å². The minimum atomic E-state index is -0.555. The molecule has 1 heterocycles. The number of methoxy groups -OCH3 is 1. The number of amides is 1. The van der Waals surface area contributed by atoms with E-state index in [0.29, 0.717) is 22.9 Å². The maximum Gasteiger partial charge on any atom is 0.339 e. The van der Waals surface area contributed by atoms with Crippen LogP contribution >= 0.6 is 0 Å². The van der Waals surface area contributed by atoms with Gasteiger partial charge in [0.1, 0.15) is 11.6 Å². The van der Waals surface area contributed by atoms with E-state index in [1.54, 1.807) is 19.2 Å². The van der Waals surface area contributed by atoms with Crippen molar-refractivity contribution < 1.29 is 23.5 Å². The molecule has 5 rings (SSSR count). The molecule has 7 heteroatoms. The Balaban J connectivity index is 1.48. The Morgan fingerprint density at radius 2 is 1.71 bits per heavy atom. The molecule has 1 aliphatic carbocycles. The Labute approximate surface area is 245 Å². The zero-order valence-corrected chi connectivity index (χ0v) is 24.4. The number of fused-ring (bicyclic) bond motifs is 2. The van der Waals surface area contributed by atoms with Crippen LogP contribution in [0.4, 0.5) is 4.39 Å². The number of allylic oxidation sites excluding steroid dienone is 1. The molecule has 1 aromatic heterocycles. The Kier molecular flexibility index (Phi) is 8.39. The van der Waals surface area contributed by atoms with Crippen LogP contribution in [0.15, 0.2) is 72.8 Å². The first kappa shape index (κ1) is 29.0. The fraction of sp³-hybridized carbons (Fsp3) is 0.286. The van der Waals surface area contributed by atoms with E-state index in [-0.39, 0.29) is 23.7 Å². The highest BCUT2D eigenvalue weighted by atomic mass is 19.1. The van der Waals surface area contributed by atoms with Crippen LogP contribution in [0, 0.1) is 17.2 Å². The van der Waals surface area contributed by atoms with Gasteiger partial charge in [-0.15, -0.1) is 0 Å². The molecular weight excluding hydrogens is 531 g/mol. The SMILES string of the molecule is COc1ccc(/C=C2/C[C@@H](C(C)(C)C)Cc3c2nc2ccccc2c3C(=O)OCC(=O)NCc2ccc(F)cc2)cc1. The van der Waals surface area contributed by atoms with Crippen LogP contribution in [0.1, 0.15) is 59.9 Å². The molecule has 1 N–H and O–H groups in total. The lowest BCUT2D eigenvalue weighted by Gasteiger charge is -2.36. The van der Waals surface area contributed by atoms with Crippen LogP contribution in [0.2, 0.25) is 0 Å². The quantitative estimate of drug-likeness (QED) is 0.244. The number of aromatic nitrogens is 1. The third-order valence-electron chi connectivity index (χ3n) is 7.84. The molecule has 1 atom stereocenters. The van der Waals surface area contributed by atoms with Crippen LogP contribution in [-0.4, -0.2) is 30.6 Å². The van der Waals surface area contributed by atoms with Crippen LogP contribution in [-0.2, 0) is 22.5 Å². The van der Waals surface area contributed by atoms with Gasteiger partial charge in [-0.05, 0) is 82.8 Å². The standard InChI is InChI=1S/C35H35FN2O4/c1-35(2,3)25-18-24(17-22-11-15-27(41-4)16-12-22)33-29(19-25)32(28-7-5-6-8-30(28)38-33)34(40)42-21-31(39)37-20-23-9-13-26(36)14-10-23/h5-17,25H,18-21H2,1-4H3,(H,37,39)/b24-17-/t25-/m1/s1. The smallest absolute Gasteiger partial charge is 0.339 e. The lowest BCUT2D eigenvalue weighted by molar-refractivity contribution is -0.124. The van der Waals surface area contributed by atoms with Crippen molar-refractivity contribution in [2.75, 3.05) is 13.7 Å². The average Bonchev–Trinajstić information content (AvgIpc) is 2.98. The summed E-state index contributed by atoms with van der Waals surface area (Å²) in [6.07, 6.45) is 3.61. The first-order valence-electron chi connectivity index (χ1n) is 14.1. The maximum absolute atomic E-state index is 13.7. The highest BCUT2D eigenvalue weighted by Gasteiger charge is 2.35. The molecule has 42 heavy (non-hydrogen) atoms. The third-order valence-corrected chi connectivity index (χ3v) is 7.84. The number of ether oxygens (including phenoxy) is 2. The van der Waals surface area contributed by atoms with E-state index >= 15 is 0 Å². The van der Waals surface area contributed by atoms with Gasteiger partial charge in [0.25, 0.3) is 5.91 Å². The molecule has 1 aliphatic rings. The monoisotopic (exact) mass is 566 g/mol. The number of hydrogen-bond donors (Lipinski definition) is 1. The van der Waals surface area contributed by atoms with Gasteiger partial charge < -0.3 is 14.8 Å².